The molecular formula is C8H7F3IN. The van der Waals surface area contributed by atoms with Crippen LogP contribution in [-0.4, -0.2) is 4.98 Å². The Balaban J connectivity index is 2.94. The van der Waals surface area contributed by atoms with Crippen molar-refractivity contribution in [1.82, 2.24) is 4.98 Å². The van der Waals surface area contributed by atoms with Gasteiger partial charge in [-0.25, -0.2) is 0 Å². The van der Waals surface area contributed by atoms with Crippen molar-refractivity contribution in [3.63, 3.8) is 0 Å². The van der Waals surface area contributed by atoms with Crippen LogP contribution in [0.5, 0.6) is 0 Å². The first-order valence-electron chi connectivity index (χ1n) is 3.58. The van der Waals surface area contributed by atoms with Crippen LogP contribution in [0.4, 0.5) is 13.2 Å². The molecular weight excluding hydrogens is 294 g/mol. The number of halogens is 4. The molecule has 1 heterocycles. The standard InChI is InChI=1S/C8H7F3IN/c1-5(12)7-3-2-6(4-13-7)8(9,10)11/h2-5H,1H3. The Kier molecular flexibility index (Phi) is 3.15. The molecule has 0 aliphatic rings. The Hall–Kier alpha value is -0.330. The van der Waals surface area contributed by atoms with Gasteiger partial charge in [0.1, 0.15) is 0 Å². The van der Waals surface area contributed by atoms with E-state index in [1.165, 1.54) is 6.07 Å². The highest BCUT2D eigenvalue weighted by Crippen LogP contribution is 2.29. The van der Waals surface area contributed by atoms with E-state index in [9.17, 15) is 13.2 Å². The second-order valence-electron chi connectivity index (χ2n) is 2.59. The molecule has 5 heteroatoms. The minimum Gasteiger partial charge on any atom is -0.260 e. The van der Waals surface area contributed by atoms with Gasteiger partial charge in [0.05, 0.1) is 15.2 Å². The average Bonchev–Trinajstić information content (AvgIpc) is 2.03. The molecule has 72 valence electrons. The van der Waals surface area contributed by atoms with Gasteiger partial charge in [-0.3, -0.25) is 4.98 Å². The summed E-state index contributed by atoms with van der Waals surface area (Å²) in [5.41, 5.74) is -0.0399. The second-order valence-corrected chi connectivity index (χ2v) is 4.45. The second kappa shape index (κ2) is 3.81. The van der Waals surface area contributed by atoms with Gasteiger partial charge in [-0.2, -0.15) is 13.2 Å². The van der Waals surface area contributed by atoms with E-state index in [-0.39, 0.29) is 3.92 Å². The van der Waals surface area contributed by atoms with Gasteiger partial charge in [0.2, 0.25) is 0 Å². The summed E-state index contributed by atoms with van der Waals surface area (Å²) in [5, 5.41) is 0. The monoisotopic (exact) mass is 301 g/mol. The maximum absolute atomic E-state index is 12.1. The molecule has 1 aromatic heterocycles. The lowest BCUT2D eigenvalue weighted by atomic mass is 10.2. The summed E-state index contributed by atoms with van der Waals surface area (Å²) in [6, 6.07) is 2.46. The summed E-state index contributed by atoms with van der Waals surface area (Å²) in [6.45, 7) is 1.87. The van der Waals surface area contributed by atoms with Crippen LogP contribution < -0.4 is 0 Å². The zero-order chi connectivity index (χ0) is 10.1. The number of rotatable bonds is 1. The first-order valence-corrected chi connectivity index (χ1v) is 4.83. The fraction of sp³-hybridized carbons (Fsp3) is 0.375. The molecule has 0 aliphatic heterocycles. The first kappa shape index (κ1) is 10.7. The van der Waals surface area contributed by atoms with E-state index in [1.807, 2.05) is 6.92 Å². The molecule has 0 radical (unpaired) electrons. The maximum Gasteiger partial charge on any atom is 0.417 e. The molecule has 1 atom stereocenters. The first-order chi connectivity index (χ1) is 5.91. The van der Waals surface area contributed by atoms with Crippen molar-refractivity contribution >= 4 is 22.6 Å². The van der Waals surface area contributed by atoms with Crippen LogP contribution in [0.25, 0.3) is 0 Å². The molecule has 1 unspecified atom stereocenters. The number of pyridine rings is 1. The highest BCUT2D eigenvalue weighted by Gasteiger charge is 2.30. The minimum atomic E-state index is -4.29. The Morgan fingerprint density at radius 3 is 2.31 bits per heavy atom. The summed E-state index contributed by atoms with van der Waals surface area (Å²) in [4.78, 5) is 3.72. The van der Waals surface area contributed by atoms with Crippen LogP contribution in [0.3, 0.4) is 0 Å². The van der Waals surface area contributed by atoms with Gasteiger partial charge in [0.25, 0.3) is 0 Å². The molecule has 0 saturated carbocycles. The third kappa shape index (κ3) is 2.82. The molecule has 0 aliphatic carbocycles. The van der Waals surface area contributed by atoms with Gasteiger partial charge < -0.3 is 0 Å². The van der Waals surface area contributed by atoms with E-state index in [4.69, 9.17) is 0 Å². The number of hydrogen-bond acceptors (Lipinski definition) is 1. The Bertz CT molecular complexity index is 278. The van der Waals surface area contributed by atoms with Gasteiger partial charge in [-0.15, -0.1) is 0 Å². The smallest absolute Gasteiger partial charge is 0.260 e. The van der Waals surface area contributed by atoms with Crippen molar-refractivity contribution in [2.75, 3.05) is 0 Å². The van der Waals surface area contributed by atoms with E-state index in [2.05, 4.69) is 27.6 Å². The van der Waals surface area contributed by atoms with Crippen LogP contribution in [0.1, 0.15) is 22.1 Å². The normalized spacial score (nSPS) is 14.2. The summed E-state index contributed by atoms with van der Waals surface area (Å²) >= 11 is 2.10. The molecule has 1 aromatic rings. The average molecular weight is 301 g/mol. The van der Waals surface area contributed by atoms with Gasteiger partial charge in [-0.05, 0) is 19.1 Å². The lowest BCUT2D eigenvalue weighted by molar-refractivity contribution is -0.137. The summed E-state index contributed by atoms with van der Waals surface area (Å²) in [6.07, 6.45) is -3.43. The van der Waals surface area contributed by atoms with Crippen LogP contribution in [-0.2, 0) is 6.18 Å². The predicted molar refractivity (Wildman–Crippen MR) is 51.7 cm³/mol. The predicted octanol–water partition coefficient (Wildman–Crippen LogP) is 3.60. The Morgan fingerprint density at radius 1 is 1.38 bits per heavy atom. The molecule has 0 aromatic carbocycles. The van der Waals surface area contributed by atoms with Crippen molar-refractivity contribution < 1.29 is 13.2 Å². The summed E-state index contributed by atoms with van der Waals surface area (Å²) in [5.74, 6) is 0. The quantitative estimate of drug-likeness (QED) is 0.570. The number of nitrogens with zero attached hydrogens (tertiary/aromatic N) is 1. The van der Waals surface area contributed by atoms with Crippen molar-refractivity contribution in [2.24, 2.45) is 0 Å². The fourth-order valence-corrected chi connectivity index (χ4v) is 1.18. The van der Waals surface area contributed by atoms with Crippen molar-refractivity contribution in [3.8, 4) is 0 Å². The SMILES string of the molecule is CC(I)c1ccc(C(F)(F)F)cn1. The minimum absolute atomic E-state index is 0.125. The Labute approximate surface area is 87.5 Å². The summed E-state index contributed by atoms with van der Waals surface area (Å²) in [7, 11) is 0. The van der Waals surface area contributed by atoms with Crippen molar-refractivity contribution in [2.45, 2.75) is 17.0 Å². The summed E-state index contributed by atoms with van der Waals surface area (Å²) < 4.78 is 36.4. The third-order valence-corrected chi connectivity index (χ3v) is 2.16. The van der Waals surface area contributed by atoms with Crippen LogP contribution in [0.15, 0.2) is 18.3 Å². The van der Waals surface area contributed by atoms with Gasteiger partial charge in [-0.1, -0.05) is 22.6 Å². The fourth-order valence-electron chi connectivity index (χ4n) is 0.808. The van der Waals surface area contributed by atoms with Gasteiger partial charge in [0.15, 0.2) is 0 Å². The number of hydrogen-bond donors (Lipinski definition) is 0. The van der Waals surface area contributed by atoms with E-state index < -0.39 is 11.7 Å². The van der Waals surface area contributed by atoms with Crippen molar-refractivity contribution in [3.05, 3.63) is 29.6 Å². The molecule has 13 heavy (non-hydrogen) atoms. The number of alkyl halides is 4. The molecule has 1 rings (SSSR count). The van der Waals surface area contributed by atoms with Gasteiger partial charge >= 0.3 is 6.18 Å². The lowest BCUT2D eigenvalue weighted by Crippen LogP contribution is -2.05. The lowest BCUT2D eigenvalue weighted by Gasteiger charge is -2.07. The molecule has 0 spiro atoms. The van der Waals surface area contributed by atoms with E-state index in [1.54, 1.807) is 0 Å². The van der Waals surface area contributed by atoms with E-state index in [0.29, 0.717) is 5.69 Å². The molecule has 0 saturated heterocycles. The highest BCUT2D eigenvalue weighted by molar-refractivity contribution is 14.1. The Morgan fingerprint density at radius 2 is 2.00 bits per heavy atom. The maximum atomic E-state index is 12.1. The topological polar surface area (TPSA) is 12.9 Å². The van der Waals surface area contributed by atoms with Gasteiger partial charge in [0, 0.05) is 6.20 Å². The van der Waals surface area contributed by atoms with Crippen LogP contribution in [0, 0.1) is 0 Å². The largest absolute Gasteiger partial charge is 0.417 e. The third-order valence-electron chi connectivity index (χ3n) is 1.52. The zero-order valence-corrected chi connectivity index (χ0v) is 8.93. The molecule has 1 nitrogen and oxygen atoms in total. The number of aromatic nitrogens is 1. The molecule has 0 bridgehead atoms. The van der Waals surface area contributed by atoms with Crippen LogP contribution in [0.2, 0.25) is 0 Å². The molecule has 0 amide bonds. The van der Waals surface area contributed by atoms with E-state index in [0.717, 1.165) is 12.3 Å². The highest BCUT2D eigenvalue weighted by atomic mass is 127. The van der Waals surface area contributed by atoms with E-state index >= 15 is 0 Å². The van der Waals surface area contributed by atoms with Crippen LogP contribution >= 0.6 is 22.6 Å². The molecule has 0 N–H and O–H groups in total. The zero-order valence-electron chi connectivity index (χ0n) is 6.77. The molecule has 0 fully saturated rings. The van der Waals surface area contributed by atoms with Crippen molar-refractivity contribution in [1.29, 1.82) is 0 Å².